The Morgan fingerprint density at radius 3 is 2.59 bits per heavy atom. The van der Waals surface area contributed by atoms with E-state index in [4.69, 9.17) is 9.47 Å². The van der Waals surface area contributed by atoms with E-state index in [0.29, 0.717) is 29.5 Å². The first kappa shape index (κ1) is 26.6. The summed E-state index contributed by atoms with van der Waals surface area (Å²) in [5.41, 5.74) is 0.546. The number of carbonyl (C=O) groups excluding carboxylic acids is 2. The molecule has 37 heavy (non-hydrogen) atoms. The maximum Gasteiger partial charge on any atom is 0.410 e. The summed E-state index contributed by atoms with van der Waals surface area (Å²) in [7, 11) is 1.53. The summed E-state index contributed by atoms with van der Waals surface area (Å²) < 4.78 is 10.9. The number of hydrogen-bond acceptors (Lipinski definition) is 8. The number of pyridine rings is 1. The highest BCUT2D eigenvalue weighted by Gasteiger charge is 2.34. The average Bonchev–Trinajstić information content (AvgIpc) is 2.86. The Labute approximate surface area is 218 Å². The summed E-state index contributed by atoms with van der Waals surface area (Å²) in [6.45, 7) is 8.28. The highest BCUT2D eigenvalue weighted by molar-refractivity contribution is 5.94. The van der Waals surface area contributed by atoms with E-state index in [1.165, 1.54) is 32.6 Å². The summed E-state index contributed by atoms with van der Waals surface area (Å²) in [4.78, 5) is 33.7. The van der Waals surface area contributed by atoms with Gasteiger partial charge in [-0.15, -0.1) is 5.10 Å². The lowest BCUT2D eigenvalue weighted by Crippen LogP contribution is -2.53. The molecular weight excluding hydrogens is 472 g/mol. The molecule has 200 valence electrons. The minimum absolute atomic E-state index is 0.0708. The molecule has 1 saturated heterocycles. The van der Waals surface area contributed by atoms with Crippen molar-refractivity contribution < 1.29 is 19.1 Å². The van der Waals surface area contributed by atoms with Crippen LogP contribution in [0, 0.1) is 5.92 Å². The van der Waals surface area contributed by atoms with E-state index in [1.807, 2.05) is 37.8 Å². The SMILES string of the molecule is COc1cncc(C(=O)NCc2ccc(N3CCC[C@@H](N(CC4CCC4)C(=O)OC(C)(C)C)C3)nn2)c1. The standard InChI is InChI=1S/C27H38N6O4/c1-27(2,3)37-26(35)33(17-19-7-5-8-19)22-9-6-12-32(18-22)24-11-10-21(30-31-24)15-29-25(34)20-13-23(36-4)16-28-14-20/h10-11,13-14,16,19,22H,5-9,12,15,17-18H2,1-4H3,(H,29,34)/t22-/m1/s1. The number of amides is 2. The van der Waals surface area contributed by atoms with Crippen LogP contribution in [0.4, 0.5) is 10.6 Å². The van der Waals surface area contributed by atoms with Crippen LogP contribution >= 0.6 is 0 Å². The maximum atomic E-state index is 13.1. The zero-order chi connectivity index (χ0) is 26.4. The number of carbonyl (C=O) groups is 2. The van der Waals surface area contributed by atoms with Crippen LogP contribution in [0.25, 0.3) is 0 Å². The second kappa shape index (κ2) is 11.7. The average molecular weight is 511 g/mol. The molecule has 1 aliphatic heterocycles. The number of piperidine rings is 1. The molecule has 2 fully saturated rings. The topological polar surface area (TPSA) is 110 Å². The minimum Gasteiger partial charge on any atom is -0.495 e. The van der Waals surface area contributed by atoms with Gasteiger partial charge in [0.05, 0.1) is 37.2 Å². The molecule has 1 aliphatic carbocycles. The molecule has 2 aromatic rings. The number of nitrogens with one attached hydrogen (secondary N) is 1. The summed E-state index contributed by atoms with van der Waals surface area (Å²) in [5.74, 6) is 1.59. The third-order valence-electron chi connectivity index (χ3n) is 6.82. The molecule has 2 aromatic heterocycles. The fraction of sp³-hybridized carbons (Fsp3) is 0.593. The fourth-order valence-electron chi connectivity index (χ4n) is 4.61. The van der Waals surface area contributed by atoms with Gasteiger partial charge in [0.2, 0.25) is 0 Å². The van der Waals surface area contributed by atoms with Crippen LogP contribution in [0.1, 0.15) is 68.9 Å². The lowest BCUT2D eigenvalue weighted by atomic mass is 9.84. The Morgan fingerprint density at radius 1 is 1.14 bits per heavy atom. The van der Waals surface area contributed by atoms with E-state index in [0.717, 1.165) is 31.7 Å². The first-order valence-electron chi connectivity index (χ1n) is 13.1. The van der Waals surface area contributed by atoms with Crippen molar-refractivity contribution in [3.8, 4) is 5.75 Å². The van der Waals surface area contributed by atoms with Crippen LogP contribution in [-0.4, -0.2) is 70.5 Å². The van der Waals surface area contributed by atoms with Crippen LogP contribution in [0.3, 0.4) is 0 Å². The Kier molecular flexibility index (Phi) is 8.45. The van der Waals surface area contributed by atoms with Gasteiger partial charge in [0, 0.05) is 25.8 Å². The number of methoxy groups -OCH3 is 1. The van der Waals surface area contributed by atoms with Gasteiger partial charge in [-0.05, 0) is 70.6 Å². The zero-order valence-electron chi connectivity index (χ0n) is 22.3. The number of ether oxygens (including phenoxy) is 2. The Bertz CT molecular complexity index is 1070. The summed E-state index contributed by atoms with van der Waals surface area (Å²) in [6.07, 6.45) is 8.30. The molecule has 1 atom stereocenters. The van der Waals surface area contributed by atoms with Crippen molar-refractivity contribution >= 4 is 17.8 Å². The number of aromatic nitrogens is 3. The van der Waals surface area contributed by atoms with Crippen molar-refractivity contribution in [3.63, 3.8) is 0 Å². The smallest absolute Gasteiger partial charge is 0.410 e. The largest absolute Gasteiger partial charge is 0.495 e. The molecular formula is C27H38N6O4. The van der Waals surface area contributed by atoms with E-state index >= 15 is 0 Å². The van der Waals surface area contributed by atoms with Crippen LogP contribution in [-0.2, 0) is 11.3 Å². The molecule has 1 N–H and O–H groups in total. The third kappa shape index (κ3) is 7.30. The Balaban J connectivity index is 1.36. The normalized spacial score (nSPS) is 18.1. The molecule has 0 aromatic carbocycles. The first-order valence-corrected chi connectivity index (χ1v) is 13.1. The third-order valence-corrected chi connectivity index (χ3v) is 6.82. The maximum absolute atomic E-state index is 13.1. The highest BCUT2D eigenvalue weighted by Crippen LogP contribution is 2.30. The highest BCUT2D eigenvalue weighted by atomic mass is 16.6. The van der Waals surface area contributed by atoms with Gasteiger partial charge in [0.25, 0.3) is 5.91 Å². The van der Waals surface area contributed by atoms with Crippen molar-refractivity contribution in [1.29, 1.82) is 0 Å². The monoisotopic (exact) mass is 510 g/mol. The van der Waals surface area contributed by atoms with Gasteiger partial charge in [-0.3, -0.25) is 9.78 Å². The van der Waals surface area contributed by atoms with Crippen LogP contribution < -0.4 is 15.0 Å². The summed E-state index contributed by atoms with van der Waals surface area (Å²) >= 11 is 0. The van der Waals surface area contributed by atoms with Crippen LogP contribution in [0.5, 0.6) is 5.75 Å². The molecule has 4 rings (SSSR count). The molecule has 0 spiro atoms. The van der Waals surface area contributed by atoms with E-state index < -0.39 is 5.60 Å². The Morgan fingerprint density at radius 2 is 1.95 bits per heavy atom. The molecule has 0 unspecified atom stereocenters. The number of hydrogen-bond donors (Lipinski definition) is 1. The van der Waals surface area contributed by atoms with Crippen LogP contribution in [0.15, 0.2) is 30.6 Å². The van der Waals surface area contributed by atoms with E-state index in [-0.39, 0.29) is 24.6 Å². The van der Waals surface area contributed by atoms with Gasteiger partial charge in [-0.1, -0.05) is 6.42 Å². The van der Waals surface area contributed by atoms with Crippen molar-refractivity contribution in [2.24, 2.45) is 5.92 Å². The van der Waals surface area contributed by atoms with E-state index in [2.05, 4.69) is 25.4 Å². The number of anilines is 1. The van der Waals surface area contributed by atoms with Gasteiger partial charge in [-0.2, -0.15) is 5.10 Å². The van der Waals surface area contributed by atoms with E-state index in [1.54, 1.807) is 12.3 Å². The number of nitrogens with zero attached hydrogens (tertiary/aromatic N) is 5. The molecule has 3 heterocycles. The molecule has 0 bridgehead atoms. The van der Waals surface area contributed by atoms with Gasteiger partial charge in [0.1, 0.15) is 11.4 Å². The molecule has 2 amide bonds. The van der Waals surface area contributed by atoms with Crippen molar-refractivity contribution in [2.75, 3.05) is 31.6 Å². The van der Waals surface area contributed by atoms with Gasteiger partial charge >= 0.3 is 6.09 Å². The van der Waals surface area contributed by atoms with Gasteiger partial charge in [-0.25, -0.2) is 4.79 Å². The molecule has 1 saturated carbocycles. The van der Waals surface area contributed by atoms with Crippen molar-refractivity contribution in [2.45, 2.75) is 71.1 Å². The predicted octanol–water partition coefficient (Wildman–Crippen LogP) is 3.82. The second-order valence-corrected chi connectivity index (χ2v) is 10.9. The fourth-order valence-corrected chi connectivity index (χ4v) is 4.61. The van der Waals surface area contributed by atoms with Crippen LogP contribution in [0.2, 0.25) is 0 Å². The minimum atomic E-state index is -0.525. The van der Waals surface area contributed by atoms with Crippen molar-refractivity contribution in [1.82, 2.24) is 25.4 Å². The zero-order valence-corrected chi connectivity index (χ0v) is 22.3. The van der Waals surface area contributed by atoms with Crippen molar-refractivity contribution in [3.05, 3.63) is 41.9 Å². The quantitative estimate of drug-likeness (QED) is 0.571. The second-order valence-electron chi connectivity index (χ2n) is 10.9. The lowest BCUT2D eigenvalue weighted by molar-refractivity contribution is 0.00732. The summed E-state index contributed by atoms with van der Waals surface area (Å²) in [5, 5.41) is 11.6. The first-order chi connectivity index (χ1) is 17.7. The molecule has 2 aliphatic rings. The predicted molar refractivity (Wildman–Crippen MR) is 140 cm³/mol. The van der Waals surface area contributed by atoms with Gasteiger partial charge in [0.15, 0.2) is 5.82 Å². The summed E-state index contributed by atoms with van der Waals surface area (Å²) in [6, 6.07) is 5.50. The number of rotatable bonds is 8. The van der Waals surface area contributed by atoms with E-state index in [9.17, 15) is 9.59 Å². The molecule has 0 radical (unpaired) electrons. The Hall–Kier alpha value is -3.43. The molecule has 10 nitrogen and oxygen atoms in total. The van der Waals surface area contributed by atoms with Gasteiger partial charge < -0.3 is 24.6 Å². The molecule has 10 heteroatoms. The lowest BCUT2D eigenvalue weighted by Gasteiger charge is -2.42.